The van der Waals surface area contributed by atoms with Gasteiger partial charge in [0.05, 0.1) is 5.56 Å². The van der Waals surface area contributed by atoms with Crippen LogP contribution in [0, 0.1) is 5.92 Å². The van der Waals surface area contributed by atoms with Crippen molar-refractivity contribution in [3.63, 3.8) is 0 Å². The van der Waals surface area contributed by atoms with Gasteiger partial charge in [0.15, 0.2) is 0 Å². The summed E-state index contributed by atoms with van der Waals surface area (Å²) in [7, 11) is 1.93. The van der Waals surface area contributed by atoms with Crippen LogP contribution in [0.1, 0.15) is 60.9 Å². The number of carbonyl (C=O) groups is 2. The van der Waals surface area contributed by atoms with Gasteiger partial charge in [0.1, 0.15) is 5.60 Å². The Morgan fingerprint density at radius 2 is 1.89 bits per heavy atom. The second kappa shape index (κ2) is 7.63. The fourth-order valence-electron chi connectivity index (χ4n) is 4.94. The van der Waals surface area contributed by atoms with Crippen LogP contribution in [0.4, 0.5) is 0 Å². The summed E-state index contributed by atoms with van der Waals surface area (Å²) in [6, 6.07) is 7.70. The number of benzene rings is 1. The lowest BCUT2D eigenvalue weighted by Crippen LogP contribution is -2.43. The lowest BCUT2D eigenvalue weighted by molar-refractivity contribution is -0.137. The van der Waals surface area contributed by atoms with Gasteiger partial charge in [-0.25, -0.2) is 4.79 Å². The van der Waals surface area contributed by atoms with E-state index in [1.54, 1.807) is 0 Å². The van der Waals surface area contributed by atoms with Gasteiger partial charge >= 0.3 is 5.97 Å². The molecule has 0 bridgehead atoms. The Morgan fingerprint density at radius 3 is 2.63 bits per heavy atom. The number of piperidine rings is 1. The molecule has 0 aromatic heterocycles. The zero-order valence-corrected chi connectivity index (χ0v) is 16.3. The largest absolute Gasteiger partial charge is 0.451 e. The third-order valence-corrected chi connectivity index (χ3v) is 6.64. The van der Waals surface area contributed by atoms with E-state index in [0.29, 0.717) is 5.56 Å². The minimum atomic E-state index is -0.503. The number of likely N-dealkylation sites (tertiary alicyclic amines) is 1. The monoisotopic (exact) mass is 370 g/mol. The number of nitrogens with zero attached hydrogens (tertiary/aromatic N) is 2. The van der Waals surface area contributed by atoms with Crippen molar-refractivity contribution in [2.24, 2.45) is 5.92 Å². The summed E-state index contributed by atoms with van der Waals surface area (Å²) >= 11 is 0. The van der Waals surface area contributed by atoms with Gasteiger partial charge in [-0.1, -0.05) is 24.6 Å². The predicted molar refractivity (Wildman–Crippen MR) is 103 cm³/mol. The molecule has 2 aliphatic heterocycles. The normalized spacial score (nSPS) is 28.0. The minimum absolute atomic E-state index is 0.0495. The van der Waals surface area contributed by atoms with Crippen LogP contribution in [-0.2, 0) is 15.1 Å². The van der Waals surface area contributed by atoms with Crippen molar-refractivity contribution in [2.45, 2.75) is 50.5 Å². The highest BCUT2D eigenvalue weighted by molar-refractivity contribution is 5.94. The van der Waals surface area contributed by atoms with Crippen molar-refractivity contribution in [3.8, 4) is 0 Å². The molecule has 0 atom stereocenters. The van der Waals surface area contributed by atoms with Gasteiger partial charge in [0, 0.05) is 31.6 Å². The van der Waals surface area contributed by atoms with Gasteiger partial charge in [-0.15, -0.1) is 0 Å². The number of rotatable bonds is 4. The van der Waals surface area contributed by atoms with E-state index in [2.05, 4.69) is 4.90 Å². The molecular formula is C22H30N2O3. The summed E-state index contributed by atoms with van der Waals surface area (Å²) in [5.41, 5.74) is 1.21. The SMILES string of the molecule is CN(CCN1CCCCC1)C(=O)C1CCC2(CC1)OC(=O)c1ccccc12. The molecule has 1 saturated carbocycles. The second-order valence-electron chi connectivity index (χ2n) is 8.37. The van der Waals surface area contributed by atoms with Crippen molar-refractivity contribution < 1.29 is 14.3 Å². The van der Waals surface area contributed by atoms with Gasteiger partial charge in [-0.05, 0) is 57.7 Å². The van der Waals surface area contributed by atoms with Crippen molar-refractivity contribution in [1.29, 1.82) is 0 Å². The maximum atomic E-state index is 12.9. The molecule has 3 aliphatic rings. The Balaban J connectivity index is 1.32. The lowest BCUT2D eigenvalue weighted by atomic mass is 9.74. The molecule has 1 amide bonds. The number of likely N-dealkylation sites (N-methyl/N-ethyl adjacent to an activating group) is 1. The molecule has 0 N–H and O–H groups in total. The number of ether oxygens (including phenoxy) is 1. The van der Waals surface area contributed by atoms with E-state index < -0.39 is 5.60 Å². The highest BCUT2D eigenvalue weighted by Gasteiger charge is 2.48. The molecule has 27 heavy (non-hydrogen) atoms. The maximum absolute atomic E-state index is 12.9. The second-order valence-corrected chi connectivity index (χ2v) is 8.37. The summed E-state index contributed by atoms with van der Waals surface area (Å²) in [5, 5.41) is 0. The molecule has 1 saturated heterocycles. The van der Waals surface area contributed by atoms with Crippen LogP contribution in [0.2, 0.25) is 0 Å². The first-order valence-corrected chi connectivity index (χ1v) is 10.4. The van der Waals surface area contributed by atoms with Gasteiger partial charge in [-0.3, -0.25) is 4.79 Å². The fraction of sp³-hybridized carbons (Fsp3) is 0.636. The molecule has 2 fully saturated rings. The Hall–Kier alpha value is -1.88. The Morgan fingerprint density at radius 1 is 1.19 bits per heavy atom. The van der Waals surface area contributed by atoms with E-state index in [4.69, 9.17) is 4.74 Å². The number of esters is 1. The standard InChI is InChI=1S/C22H30N2O3/c1-23(15-16-24-13-5-2-6-14-24)20(25)17-9-11-22(12-10-17)19-8-4-3-7-18(19)21(26)27-22/h3-4,7-8,17H,2,5-6,9-16H2,1H3. The van der Waals surface area contributed by atoms with E-state index in [1.165, 1.54) is 32.4 Å². The molecule has 0 radical (unpaired) electrons. The van der Waals surface area contributed by atoms with Crippen molar-refractivity contribution in [3.05, 3.63) is 35.4 Å². The first-order valence-electron chi connectivity index (χ1n) is 10.4. The minimum Gasteiger partial charge on any atom is -0.451 e. The number of hydrogen-bond donors (Lipinski definition) is 0. The van der Waals surface area contributed by atoms with Crippen LogP contribution in [0.25, 0.3) is 0 Å². The van der Waals surface area contributed by atoms with Crippen LogP contribution in [0.5, 0.6) is 0 Å². The number of carbonyl (C=O) groups excluding carboxylic acids is 2. The molecule has 4 rings (SSSR count). The molecule has 5 heteroatoms. The van der Waals surface area contributed by atoms with Crippen LogP contribution in [-0.4, -0.2) is 54.9 Å². The summed E-state index contributed by atoms with van der Waals surface area (Å²) in [6.07, 6.45) is 6.95. The van der Waals surface area contributed by atoms with Crippen LogP contribution in [0.3, 0.4) is 0 Å². The van der Waals surface area contributed by atoms with Gasteiger partial charge in [0.25, 0.3) is 0 Å². The maximum Gasteiger partial charge on any atom is 0.339 e. The van der Waals surface area contributed by atoms with E-state index in [9.17, 15) is 9.59 Å². The molecule has 2 heterocycles. The number of hydrogen-bond acceptors (Lipinski definition) is 4. The highest BCUT2D eigenvalue weighted by Crippen LogP contribution is 2.48. The van der Waals surface area contributed by atoms with E-state index >= 15 is 0 Å². The quantitative estimate of drug-likeness (QED) is 0.764. The molecule has 1 aromatic carbocycles. The van der Waals surface area contributed by atoms with Gasteiger partial charge in [0.2, 0.25) is 5.91 Å². The van der Waals surface area contributed by atoms with Crippen LogP contribution >= 0.6 is 0 Å². The molecular weight excluding hydrogens is 340 g/mol. The molecule has 1 spiro atoms. The lowest BCUT2D eigenvalue weighted by Gasteiger charge is -2.37. The summed E-state index contributed by atoms with van der Waals surface area (Å²) in [4.78, 5) is 29.5. The smallest absolute Gasteiger partial charge is 0.339 e. The zero-order valence-electron chi connectivity index (χ0n) is 16.3. The summed E-state index contributed by atoms with van der Waals surface area (Å²) in [5.74, 6) is 0.0851. The van der Waals surface area contributed by atoms with E-state index in [1.807, 2.05) is 36.2 Å². The Labute approximate surface area is 161 Å². The Kier molecular flexibility index (Phi) is 5.22. The molecule has 5 nitrogen and oxygen atoms in total. The fourth-order valence-corrected chi connectivity index (χ4v) is 4.94. The Bertz CT molecular complexity index is 703. The molecule has 146 valence electrons. The molecule has 1 aromatic rings. The van der Waals surface area contributed by atoms with E-state index in [0.717, 1.165) is 44.3 Å². The van der Waals surface area contributed by atoms with Crippen molar-refractivity contribution in [1.82, 2.24) is 9.80 Å². The predicted octanol–water partition coefficient (Wildman–Crippen LogP) is 3.19. The van der Waals surface area contributed by atoms with Crippen molar-refractivity contribution in [2.75, 3.05) is 33.2 Å². The van der Waals surface area contributed by atoms with Gasteiger partial charge < -0.3 is 14.5 Å². The molecule has 1 aliphatic carbocycles. The average molecular weight is 370 g/mol. The molecule has 0 unspecified atom stereocenters. The van der Waals surface area contributed by atoms with Gasteiger partial charge in [-0.2, -0.15) is 0 Å². The van der Waals surface area contributed by atoms with Crippen LogP contribution in [0.15, 0.2) is 24.3 Å². The van der Waals surface area contributed by atoms with Crippen LogP contribution < -0.4 is 0 Å². The number of amides is 1. The zero-order chi connectivity index (χ0) is 18.9. The summed E-state index contributed by atoms with van der Waals surface area (Å²) in [6.45, 7) is 4.11. The first kappa shape index (κ1) is 18.5. The number of fused-ring (bicyclic) bond motifs is 2. The topological polar surface area (TPSA) is 49.9 Å². The first-order chi connectivity index (χ1) is 13.1. The average Bonchev–Trinajstić information content (AvgIpc) is 2.99. The van der Waals surface area contributed by atoms with E-state index in [-0.39, 0.29) is 17.8 Å². The third kappa shape index (κ3) is 3.62. The summed E-state index contributed by atoms with van der Waals surface area (Å²) < 4.78 is 5.81. The van der Waals surface area contributed by atoms with Crippen molar-refractivity contribution >= 4 is 11.9 Å². The third-order valence-electron chi connectivity index (χ3n) is 6.64. The highest BCUT2D eigenvalue weighted by atomic mass is 16.6.